The Kier molecular flexibility index (Phi) is 6.11. The van der Waals surface area contributed by atoms with Crippen LogP contribution in [0, 0.1) is 0 Å². The Morgan fingerprint density at radius 2 is 2.17 bits per heavy atom. The van der Waals surface area contributed by atoms with Crippen LogP contribution in [0.25, 0.3) is 0 Å². The minimum Gasteiger partial charge on any atom is -0.491 e. The maximum absolute atomic E-state index is 12.3. The first-order valence-electron chi connectivity index (χ1n) is 9.56. The van der Waals surface area contributed by atoms with Gasteiger partial charge in [-0.3, -0.25) is 15.0 Å². The number of hydrogen-bond acceptors (Lipinski definition) is 5. The Morgan fingerprint density at radius 3 is 2.86 bits per heavy atom. The van der Waals surface area contributed by atoms with Gasteiger partial charge in [0.2, 0.25) is 17.5 Å². The van der Waals surface area contributed by atoms with Crippen molar-refractivity contribution >= 4 is 29.0 Å². The molecule has 1 aromatic heterocycles. The Labute approximate surface area is 169 Å². The van der Waals surface area contributed by atoms with Gasteiger partial charge in [0, 0.05) is 30.8 Å². The first-order chi connectivity index (χ1) is 13.8. The first-order valence-corrected chi connectivity index (χ1v) is 9.56. The fourth-order valence-electron chi connectivity index (χ4n) is 3.18. The number of anilines is 2. The molecule has 0 aliphatic carbocycles. The summed E-state index contributed by atoms with van der Waals surface area (Å²) in [6.07, 6.45) is 2.92. The lowest BCUT2D eigenvalue weighted by Crippen LogP contribution is -2.41. The number of nitrogens with zero attached hydrogens (tertiary/aromatic N) is 1. The van der Waals surface area contributed by atoms with Crippen molar-refractivity contribution in [1.82, 2.24) is 10.3 Å². The minimum atomic E-state index is -0.215. The van der Waals surface area contributed by atoms with Gasteiger partial charge in [-0.15, -0.1) is 0 Å². The smallest absolute Gasteiger partial charge is 0.227 e. The molecule has 8 heteroatoms. The van der Waals surface area contributed by atoms with E-state index in [1.54, 1.807) is 36.5 Å². The average molecular weight is 396 g/mol. The summed E-state index contributed by atoms with van der Waals surface area (Å²) in [7, 11) is 0. The predicted octanol–water partition coefficient (Wildman–Crippen LogP) is 0.655. The second-order valence-corrected chi connectivity index (χ2v) is 7.31. The Bertz CT molecular complexity index is 942. The molecule has 1 aromatic carbocycles. The van der Waals surface area contributed by atoms with Crippen LogP contribution in [-0.2, 0) is 9.59 Å². The SMILES string of the molecule is CC(C)Oc1ccc(N)c(C(=[NH2+])c2ccnc(NC(=O)CC3CCC(=O)N3)c2)c1. The van der Waals surface area contributed by atoms with Gasteiger partial charge in [-0.1, -0.05) is 0 Å². The topological polar surface area (TPSA) is 132 Å². The van der Waals surface area contributed by atoms with E-state index in [0.717, 1.165) is 0 Å². The van der Waals surface area contributed by atoms with Crippen LogP contribution in [0.1, 0.15) is 44.2 Å². The maximum Gasteiger partial charge on any atom is 0.227 e. The summed E-state index contributed by atoms with van der Waals surface area (Å²) in [6.45, 7) is 3.88. The fraction of sp³-hybridized carbons (Fsp3) is 0.333. The van der Waals surface area contributed by atoms with E-state index < -0.39 is 0 Å². The Morgan fingerprint density at radius 1 is 1.38 bits per heavy atom. The third-order valence-electron chi connectivity index (χ3n) is 4.54. The number of rotatable bonds is 7. The Balaban J connectivity index is 1.72. The van der Waals surface area contributed by atoms with Crippen molar-refractivity contribution < 1.29 is 19.7 Å². The van der Waals surface area contributed by atoms with E-state index in [0.29, 0.717) is 46.9 Å². The molecule has 0 bridgehead atoms. The summed E-state index contributed by atoms with van der Waals surface area (Å²) in [5.41, 5.74) is 8.42. The number of aromatic nitrogens is 1. The lowest BCUT2D eigenvalue weighted by Gasteiger charge is -2.12. The molecule has 0 saturated carbocycles. The quantitative estimate of drug-likeness (QED) is 0.403. The van der Waals surface area contributed by atoms with E-state index in [-0.39, 0.29) is 30.4 Å². The molecule has 1 saturated heterocycles. The molecule has 1 fully saturated rings. The summed E-state index contributed by atoms with van der Waals surface area (Å²) < 4.78 is 5.72. The number of hydrogen-bond donors (Lipinski definition) is 4. The number of nitrogens with one attached hydrogen (secondary N) is 2. The number of carbonyl (C=O) groups excluding carboxylic acids is 2. The van der Waals surface area contributed by atoms with Gasteiger partial charge < -0.3 is 21.1 Å². The second-order valence-electron chi connectivity index (χ2n) is 7.31. The summed E-state index contributed by atoms with van der Waals surface area (Å²) in [6, 6.07) is 8.65. The fourth-order valence-corrected chi connectivity index (χ4v) is 3.18. The van der Waals surface area contributed by atoms with Gasteiger partial charge in [0.25, 0.3) is 0 Å². The largest absolute Gasteiger partial charge is 0.491 e. The molecular formula is C21H26N5O3+. The van der Waals surface area contributed by atoms with E-state index in [1.165, 1.54) is 0 Å². The molecule has 1 aliphatic heterocycles. The molecule has 0 radical (unpaired) electrons. The van der Waals surface area contributed by atoms with Gasteiger partial charge in [0.15, 0.2) is 0 Å². The normalized spacial score (nSPS) is 15.8. The van der Waals surface area contributed by atoms with Gasteiger partial charge in [0.1, 0.15) is 11.6 Å². The minimum absolute atomic E-state index is 0.0217. The molecular weight excluding hydrogens is 370 g/mol. The van der Waals surface area contributed by atoms with Crippen LogP contribution in [-0.4, -0.2) is 34.7 Å². The summed E-state index contributed by atoms with van der Waals surface area (Å²) in [5.74, 6) is 0.820. The van der Waals surface area contributed by atoms with Crippen molar-refractivity contribution in [3.05, 3.63) is 47.7 Å². The van der Waals surface area contributed by atoms with E-state index in [2.05, 4.69) is 15.6 Å². The summed E-state index contributed by atoms with van der Waals surface area (Å²) in [5, 5.41) is 11.9. The molecule has 1 unspecified atom stereocenters. The highest BCUT2D eigenvalue weighted by Crippen LogP contribution is 2.23. The van der Waals surface area contributed by atoms with Crippen molar-refractivity contribution in [1.29, 1.82) is 0 Å². The maximum atomic E-state index is 12.3. The lowest BCUT2D eigenvalue weighted by atomic mass is 10.0. The van der Waals surface area contributed by atoms with Gasteiger partial charge >= 0.3 is 0 Å². The van der Waals surface area contributed by atoms with Crippen LogP contribution in [0.4, 0.5) is 11.5 Å². The average Bonchev–Trinajstić information content (AvgIpc) is 3.07. The number of benzene rings is 1. The number of amides is 2. The second kappa shape index (κ2) is 8.72. The van der Waals surface area contributed by atoms with E-state index in [4.69, 9.17) is 15.9 Å². The van der Waals surface area contributed by atoms with Crippen LogP contribution in [0.5, 0.6) is 5.75 Å². The molecule has 3 rings (SSSR count). The zero-order valence-electron chi connectivity index (χ0n) is 16.6. The van der Waals surface area contributed by atoms with E-state index >= 15 is 0 Å². The van der Waals surface area contributed by atoms with Gasteiger partial charge in [-0.05, 0) is 50.6 Å². The number of ether oxygens (including phenoxy) is 1. The van der Waals surface area contributed by atoms with Gasteiger partial charge in [-0.2, -0.15) is 0 Å². The van der Waals surface area contributed by atoms with Crippen LogP contribution in [0.15, 0.2) is 36.5 Å². The van der Waals surface area contributed by atoms with E-state index in [1.807, 2.05) is 13.8 Å². The van der Waals surface area contributed by atoms with Crippen LogP contribution >= 0.6 is 0 Å². The monoisotopic (exact) mass is 396 g/mol. The molecule has 2 aromatic rings. The number of pyridine rings is 1. The standard InChI is InChI=1S/C21H25N5O3/c1-12(2)29-15-4-5-17(22)16(11-15)21(23)13-7-8-24-18(9-13)26-20(28)10-14-3-6-19(27)25-14/h4-5,7-9,11-12,14,23H,3,6,10,22H2,1-2H3,(H,25,27)(H,24,26,28)/p+1. The Hall–Kier alpha value is -3.42. The van der Waals surface area contributed by atoms with Crippen molar-refractivity contribution in [3.63, 3.8) is 0 Å². The zero-order chi connectivity index (χ0) is 21.0. The first kappa shape index (κ1) is 20.3. The van der Waals surface area contributed by atoms with E-state index in [9.17, 15) is 9.59 Å². The number of nitrogens with two attached hydrogens (primary N) is 2. The highest BCUT2D eigenvalue weighted by molar-refractivity contribution is 6.12. The molecule has 1 atom stereocenters. The highest BCUT2D eigenvalue weighted by atomic mass is 16.5. The molecule has 1 aliphatic rings. The van der Waals surface area contributed by atoms with Crippen LogP contribution < -0.4 is 26.5 Å². The summed E-state index contributed by atoms with van der Waals surface area (Å²) >= 11 is 0. The van der Waals surface area contributed by atoms with Crippen LogP contribution in [0.2, 0.25) is 0 Å². The third-order valence-corrected chi connectivity index (χ3v) is 4.54. The molecule has 8 nitrogen and oxygen atoms in total. The molecule has 6 N–H and O–H groups in total. The molecule has 0 spiro atoms. The molecule has 29 heavy (non-hydrogen) atoms. The molecule has 152 valence electrons. The summed E-state index contributed by atoms with van der Waals surface area (Å²) in [4.78, 5) is 27.7. The molecule has 2 heterocycles. The molecule has 2 amide bonds. The van der Waals surface area contributed by atoms with Crippen molar-refractivity contribution in [3.8, 4) is 5.75 Å². The predicted molar refractivity (Wildman–Crippen MR) is 110 cm³/mol. The highest BCUT2D eigenvalue weighted by Gasteiger charge is 2.23. The number of nitrogen functional groups attached to an aromatic ring is 1. The van der Waals surface area contributed by atoms with Gasteiger partial charge in [0.05, 0.1) is 17.2 Å². The number of carbonyl (C=O) groups is 2. The van der Waals surface area contributed by atoms with Gasteiger partial charge in [-0.25, -0.2) is 4.98 Å². The van der Waals surface area contributed by atoms with Crippen molar-refractivity contribution in [2.45, 2.75) is 45.3 Å². The van der Waals surface area contributed by atoms with Crippen LogP contribution in [0.3, 0.4) is 0 Å². The lowest BCUT2D eigenvalue weighted by molar-refractivity contribution is -0.119. The van der Waals surface area contributed by atoms with Crippen molar-refractivity contribution in [2.24, 2.45) is 0 Å². The van der Waals surface area contributed by atoms with Crippen molar-refractivity contribution in [2.75, 3.05) is 11.1 Å². The third kappa shape index (κ3) is 5.31. The zero-order valence-corrected chi connectivity index (χ0v) is 16.6.